The summed E-state index contributed by atoms with van der Waals surface area (Å²) in [4.78, 5) is 15.8. The number of rotatable bonds is 11. The van der Waals surface area contributed by atoms with E-state index in [1.54, 1.807) is 0 Å². The molecule has 0 atom stereocenters. The highest BCUT2D eigenvalue weighted by Crippen LogP contribution is 2.69. The summed E-state index contributed by atoms with van der Waals surface area (Å²) >= 11 is 0. The summed E-state index contributed by atoms with van der Waals surface area (Å²) < 4.78 is 6.36. The molecule has 0 heterocycles. The van der Waals surface area contributed by atoms with Gasteiger partial charge >= 0.3 is 5.97 Å². The zero-order chi connectivity index (χ0) is 21.9. The average Bonchev–Trinajstić information content (AvgIpc) is 2.84. The Balaban J connectivity index is 1.99. The first-order valence-corrected chi connectivity index (χ1v) is 13.0. The van der Waals surface area contributed by atoms with Crippen LogP contribution in [0.1, 0.15) is 57.9 Å². The van der Waals surface area contributed by atoms with Gasteiger partial charge in [0, 0.05) is 21.1 Å². The molecule has 0 saturated heterocycles. The number of benzene rings is 3. The molecule has 2 nitrogen and oxygen atoms in total. The summed E-state index contributed by atoms with van der Waals surface area (Å²) in [6, 6.07) is 29.1. The molecule has 0 N–H and O–H groups in total. The molecule has 0 spiro atoms. The summed E-state index contributed by atoms with van der Waals surface area (Å²) in [5, 5.41) is 0. The standard InChI is InChI=1S/C28H34O2S/c1-3-5-6-7-10-15-24-20-22-27(23-21-24)31(30-28(29)4-2,25-16-11-8-12-17-25)26-18-13-9-14-19-26/h8-9,11-14,16-23H,3-7,10,15H2,1-2H3. The normalized spacial score (nSPS) is 11.8. The highest BCUT2D eigenvalue weighted by Gasteiger charge is 2.35. The summed E-state index contributed by atoms with van der Waals surface area (Å²) in [5.74, 6) is -0.178. The molecular weight excluding hydrogens is 400 g/mol. The predicted octanol–water partition coefficient (Wildman–Crippen LogP) is 8.35. The van der Waals surface area contributed by atoms with Crippen molar-refractivity contribution in [1.82, 2.24) is 0 Å². The molecule has 3 rings (SSSR count). The molecule has 0 aliphatic rings. The van der Waals surface area contributed by atoms with Gasteiger partial charge in [-0.3, -0.25) is 4.79 Å². The maximum Gasteiger partial charge on any atom is 0.316 e. The van der Waals surface area contributed by atoms with Gasteiger partial charge in [0.05, 0.1) is 0 Å². The van der Waals surface area contributed by atoms with E-state index in [4.69, 9.17) is 4.18 Å². The van der Waals surface area contributed by atoms with Crippen molar-refractivity contribution >= 4 is 16.3 Å². The summed E-state index contributed by atoms with van der Waals surface area (Å²) in [7, 11) is -2.14. The molecule has 0 fully saturated rings. The molecule has 0 amide bonds. The van der Waals surface area contributed by atoms with Gasteiger partial charge in [-0.25, -0.2) is 0 Å². The van der Waals surface area contributed by atoms with Gasteiger partial charge in [-0.1, -0.05) is 88.1 Å². The van der Waals surface area contributed by atoms with Crippen LogP contribution >= 0.6 is 10.3 Å². The third-order valence-electron chi connectivity index (χ3n) is 5.48. The SMILES string of the molecule is CCCCCCCc1ccc(S(OC(=O)CC)(c2ccccc2)c2ccccc2)cc1. The molecule has 0 bridgehead atoms. The van der Waals surface area contributed by atoms with Crippen LogP contribution in [0.4, 0.5) is 0 Å². The highest BCUT2D eigenvalue weighted by atomic mass is 32.3. The number of hydrogen-bond donors (Lipinski definition) is 0. The van der Waals surface area contributed by atoms with Crippen LogP contribution in [0.3, 0.4) is 0 Å². The van der Waals surface area contributed by atoms with Gasteiger partial charge in [0.2, 0.25) is 0 Å². The Morgan fingerprint density at radius 2 is 1.19 bits per heavy atom. The quantitative estimate of drug-likeness (QED) is 0.283. The Hall–Kier alpha value is -2.52. The lowest BCUT2D eigenvalue weighted by molar-refractivity contribution is -0.133. The van der Waals surface area contributed by atoms with E-state index in [0.717, 1.165) is 21.1 Å². The lowest BCUT2D eigenvalue weighted by Crippen LogP contribution is -2.13. The largest absolute Gasteiger partial charge is 0.402 e. The fourth-order valence-corrected chi connectivity index (χ4v) is 6.86. The number of carbonyl (C=O) groups excluding carboxylic acids is 1. The third kappa shape index (κ3) is 5.80. The van der Waals surface area contributed by atoms with Crippen molar-refractivity contribution < 1.29 is 8.98 Å². The van der Waals surface area contributed by atoms with Crippen LogP contribution in [0.15, 0.2) is 99.6 Å². The fourth-order valence-electron chi connectivity index (χ4n) is 3.76. The molecule has 0 aromatic heterocycles. The van der Waals surface area contributed by atoms with Gasteiger partial charge in [-0.05, 0) is 65.1 Å². The van der Waals surface area contributed by atoms with Gasteiger partial charge in [0.15, 0.2) is 0 Å². The molecule has 0 radical (unpaired) electrons. The van der Waals surface area contributed by atoms with Crippen molar-refractivity contribution in [2.75, 3.05) is 0 Å². The van der Waals surface area contributed by atoms with E-state index < -0.39 is 10.3 Å². The topological polar surface area (TPSA) is 26.3 Å². The van der Waals surface area contributed by atoms with Gasteiger partial charge in [0.1, 0.15) is 0 Å². The summed E-state index contributed by atoms with van der Waals surface area (Å²) in [5.41, 5.74) is 1.34. The summed E-state index contributed by atoms with van der Waals surface area (Å²) in [6.07, 6.45) is 7.86. The lowest BCUT2D eigenvalue weighted by Gasteiger charge is -2.39. The maximum absolute atomic E-state index is 12.6. The monoisotopic (exact) mass is 434 g/mol. The molecular formula is C28H34O2S. The van der Waals surface area contributed by atoms with Gasteiger partial charge in [0.25, 0.3) is 0 Å². The Morgan fingerprint density at radius 1 is 0.677 bits per heavy atom. The second-order valence-corrected chi connectivity index (χ2v) is 10.5. The van der Waals surface area contributed by atoms with Crippen LogP contribution in [0.5, 0.6) is 0 Å². The second kappa shape index (κ2) is 11.8. The zero-order valence-electron chi connectivity index (χ0n) is 18.8. The van der Waals surface area contributed by atoms with Crippen LogP contribution in [0, 0.1) is 0 Å². The maximum atomic E-state index is 12.6. The molecule has 31 heavy (non-hydrogen) atoms. The second-order valence-electron chi connectivity index (χ2n) is 7.80. The molecule has 0 unspecified atom stereocenters. The minimum atomic E-state index is -2.14. The van der Waals surface area contributed by atoms with Crippen molar-refractivity contribution in [3.63, 3.8) is 0 Å². The first kappa shape index (κ1) is 23.1. The van der Waals surface area contributed by atoms with Crippen molar-refractivity contribution in [1.29, 1.82) is 0 Å². The van der Waals surface area contributed by atoms with E-state index in [1.807, 2.05) is 43.3 Å². The number of carbonyl (C=O) groups is 1. The zero-order valence-corrected chi connectivity index (χ0v) is 19.6. The number of unbranched alkanes of at least 4 members (excludes halogenated alkanes) is 4. The molecule has 0 aliphatic heterocycles. The first-order chi connectivity index (χ1) is 15.2. The number of aryl methyl sites for hydroxylation is 1. The van der Waals surface area contributed by atoms with Crippen molar-refractivity contribution in [3.8, 4) is 0 Å². The van der Waals surface area contributed by atoms with Crippen molar-refractivity contribution in [2.45, 2.75) is 73.5 Å². The van der Waals surface area contributed by atoms with Gasteiger partial charge < -0.3 is 4.18 Å². The van der Waals surface area contributed by atoms with Crippen LogP contribution in [0.2, 0.25) is 0 Å². The first-order valence-electron chi connectivity index (χ1n) is 11.5. The van der Waals surface area contributed by atoms with E-state index in [0.29, 0.717) is 6.42 Å². The molecule has 0 saturated carbocycles. The molecule has 0 aliphatic carbocycles. The van der Waals surface area contributed by atoms with E-state index in [2.05, 4.69) is 55.5 Å². The molecule has 3 aromatic carbocycles. The Bertz CT molecular complexity index is 881. The Labute approximate surface area is 189 Å². The van der Waals surface area contributed by atoms with Crippen molar-refractivity contribution in [2.24, 2.45) is 0 Å². The molecule has 3 heteroatoms. The Morgan fingerprint density at radius 3 is 1.71 bits per heavy atom. The number of hydrogen-bond acceptors (Lipinski definition) is 2. The average molecular weight is 435 g/mol. The molecule has 164 valence electrons. The van der Waals surface area contributed by atoms with E-state index in [-0.39, 0.29) is 5.97 Å². The Kier molecular flexibility index (Phi) is 8.78. The van der Waals surface area contributed by atoms with Gasteiger partial charge in [-0.2, -0.15) is 0 Å². The van der Waals surface area contributed by atoms with Gasteiger partial charge in [-0.15, -0.1) is 0 Å². The minimum absolute atomic E-state index is 0.178. The predicted molar refractivity (Wildman–Crippen MR) is 131 cm³/mol. The molecule has 3 aromatic rings. The van der Waals surface area contributed by atoms with E-state index >= 15 is 0 Å². The lowest BCUT2D eigenvalue weighted by atomic mass is 10.1. The summed E-state index contributed by atoms with van der Waals surface area (Å²) in [6.45, 7) is 4.10. The third-order valence-corrected chi connectivity index (χ3v) is 8.73. The minimum Gasteiger partial charge on any atom is -0.402 e. The van der Waals surface area contributed by atoms with E-state index in [1.165, 1.54) is 37.7 Å². The highest BCUT2D eigenvalue weighted by molar-refractivity contribution is 8.30. The van der Waals surface area contributed by atoms with Crippen LogP contribution in [0.25, 0.3) is 0 Å². The van der Waals surface area contributed by atoms with Crippen LogP contribution < -0.4 is 0 Å². The van der Waals surface area contributed by atoms with Crippen LogP contribution in [-0.4, -0.2) is 5.97 Å². The van der Waals surface area contributed by atoms with Crippen LogP contribution in [-0.2, 0) is 15.4 Å². The van der Waals surface area contributed by atoms with Crippen molar-refractivity contribution in [3.05, 3.63) is 90.5 Å². The smallest absolute Gasteiger partial charge is 0.316 e. The van der Waals surface area contributed by atoms with E-state index in [9.17, 15) is 4.79 Å². The fraction of sp³-hybridized carbons (Fsp3) is 0.321.